The zero-order chi connectivity index (χ0) is 17.7. The topological polar surface area (TPSA) is 66.8 Å². The Morgan fingerprint density at radius 1 is 1.17 bits per heavy atom. The lowest BCUT2D eigenvalue weighted by Crippen LogP contribution is -2.43. The molecule has 1 heterocycles. The molecule has 1 amide bonds. The van der Waals surface area contributed by atoms with Gasteiger partial charge in [-0.3, -0.25) is 9.59 Å². The van der Waals surface area contributed by atoms with Crippen LogP contribution in [-0.4, -0.2) is 42.1 Å². The van der Waals surface area contributed by atoms with E-state index >= 15 is 0 Å². The van der Waals surface area contributed by atoms with Crippen molar-refractivity contribution >= 4 is 11.9 Å². The number of aliphatic carboxylic acids is 1. The third-order valence-electron chi connectivity index (χ3n) is 4.65. The van der Waals surface area contributed by atoms with Crippen molar-refractivity contribution in [3.63, 3.8) is 0 Å². The van der Waals surface area contributed by atoms with Crippen LogP contribution in [0, 0.1) is 11.8 Å². The van der Waals surface area contributed by atoms with Crippen LogP contribution in [0.1, 0.15) is 44.6 Å². The number of carbonyl (C=O) groups is 2. The van der Waals surface area contributed by atoms with E-state index < -0.39 is 5.97 Å². The predicted molar refractivity (Wildman–Crippen MR) is 92.1 cm³/mol. The molecule has 0 aliphatic carbocycles. The Bertz CT molecular complexity index is 559. The summed E-state index contributed by atoms with van der Waals surface area (Å²) in [5.74, 6) is 0.568. The van der Waals surface area contributed by atoms with Crippen molar-refractivity contribution in [2.24, 2.45) is 11.8 Å². The Morgan fingerprint density at radius 3 is 2.25 bits per heavy atom. The molecule has 1 saturated heterocycles. The Labute approximate surface area is 143 Å². The van der Waals surface area contributed by atoms with Gasteiger partial charge in [-0.1, -0.05) is 26.0 Å². The van der Waals surface area contributed by atoms with Crippen molar-refractivity contribution in [1.82, 2.24) is 4.90 Å². The maximum absolute atomic E-state index is 12.7. The first-order valence-corrected chi connectivity index (χ1v) is 8.52. The van der Waals surface area contributed by atoms with Crippen LogP contribution in [0.3, 0.4) is 0 Å². The van der Waals surface area contributed by atoms with E-state index in [1.165, 1.54) is 0 Å². The lowest BCUT2D eigenvalue weighted by Gasteiger charge is -2.35. The number of likely N-dealkylation sites (tertiary alicyclic amines) is 1. The Kier molecular flexibility index (Phi) is 6.23. The highest BCUT2D eigenvalue weighted by atomic mass is 16.5. The molecule has 5 nitrogen and oxygen atoms in total. The first-order valence-electron chi connectivity index (χ1n) is 8.52. The molecule has 0 radical (unpaired) electrons. The number of hydrogen-bond donors (Lipinski definition) is 1. The van der Waals surface area contributed by atoms with Crippen LogP contribution < -0.4 is 4.74 Å². The number of hydrogen-bond acceptors (Lipinski definition) is 3. The third-order valence-corrected chi connectivity index (χ3v) is 4.65. The van der Waals surface area contributed by atoms with E-state index in [0.29, 0.717) is 11.8 Å². The second kappa shape index (κ2) is 8.18. The smallest absolute Gasteiger partial charge is 0.303 e. The summed E-state index contributed by atoms with van der Waals surface area (Å²) in [5.41, 5.74) is 0.865. The molecular weight excluding hydrogens is 306 g/mol. The Morgan fingerprint density at radius 2 is 1.75 bits per heavy atom. The standard InChI is InChI=1S/C19H27NO4/c1-13-8-14(2)12-20(11-13)18(21)9-16(10-19(22)23)15-4-6-17(24-3)7-5-15/h4-7,13-14,16H,8-12H2,1-3H3,(H,22,23)/t13-,14+,16-/m1/s1. The zero-order valence-corrected chi connectivity index (χ0v) is 14.7. The summed E-state index contributed by atoms with van der Waals surface area (Å²) in [6.07, 6.45) is 1.33. The summed E-state index contributed by atoms with van der Waals surface area (Å²) in [4.78, 5) is 25.8. The number of ether oxygens (including phenoxy) is 1. The second-order valence-corrected chi connectivity index (χ2v) is 7.02. The number of carboxylic acids is 1. The molecule has 132 valence electrons. The quantitative estimate of drug-likeness (QED) is 0.868. The van der Waals surface area contributed by atoms with Crippen LogP contribution in [0.4, 0.5) is 0 Å². The lowest BCUT2D eigenvalue weighted by molar-refractivity contribution is -0.138. The minimum atomic E-state index is -0.885. The molecule has 0 unspecified atom stereocenters. The summed E-state index contributed by atoms with van der Waals surface area (Å²) in [5, 5.41) is 9.20. The molecule has 3 atom stereocenters. The molecule has 0 bridgehead atoms. The van der Waals surface area contributed by atoms with Gasteiger partial charge in [0.2, 0.25) is 5.91 Å². The molecule has 1 fully saturated rings. The summed E-state index contributed by atoms with van der Waals surface area (Å²) in [6, 6.07) is 7.31. The van der Waals surface area contributed by atoms with Crippen molar-refractivity contribution in [2.45, 2.75) is 39.0 Å². The summed E-state index contributed by atoms with van der Waals surface area (Å²) >= 11 is 0. The number of carboxylic acid groups (broad SMARTS) is 1. The highest BCUT2D eigenvalue weighted by Crippen LogP contribution is 2.28. The highest BCUT2D eigenvalue weighted by molar-refractivity contribution is 5.78. The van der Waals surface area contributed by atoms with Crippen molar-refractivity contribution in [2.75, 3.05) is 20.2 Å². The van der Waals surface area contributed by atoms with Gasteiger partial charge in [0.25, 0.3) is 0 Å². The highest BCUT2D eigenvalue weighted by Gasteiger charge is 2.28. The van der Waals surface area contributed by atoms with E-state index in [1.807, 2.05) is 17.0 Å². The molecule has 0 aromatic heterocycles. The van der Waals surface area contributed by atoms with Gasteiger partial charge in [0.15, 0.2) is 0 Å². The van der Waals surface area contributed by atoms with Crippen molar-refractivity contribution in [3.8, 4) is 5.75 Å². The fraction of sp³-hybridized carbons (Fsp3) is 0.579. The second-order valence-electron chi connectivity index (χ2n) is 7.02. The Balaban J connectivity index is 2.09. The van der Waals surface area contributed by atoms with E-state index in [4.69, 9.17) is 4.74 Å². The third kappa shape index (κ3) is 4.98. The largest absolute Gasteiger partial charge is 0.497 e. The molecular formula is C19H27NO4. The van der Waals surface area contributed by atoms with Crippen molar-refractivity contribution < 1.29 is 19.4 Å². The SMILES string of the molecule is COc1ccc([C@@H](CC(=O)O)CC(=O)N2C[C@H](C)C[C@H](C)C2)cc1. The van der Waals surface area contributed by atoms with Gasteiger partial charge in [-0.2, -0.15) is 0 Å². The van der Waals surface area contributed by atoms with Gasteiger partial charge < -0.3 is 14.7 Å². The first-order chi connectivity index (χ1) is 11.4. The van der Waals surface area contributed by atoms with Crippen LogP contribution in [0.5, 0.6) is 5.75 Å². The van der Waals surface area contributed by atoms with Gasteiger partial charge in [-0.25, -0.2) is 0 Å². The molecule has 24 heavy (non-hydrogen) atoms. The van der Waals surface area contributed by atoms with E-state index in [9.17, 15) is 14.7 Å². The summed E-state index contributed by atoms with van der Waals surface area (Å²) < 4.78 is 5.14. The lowest BCUT2D eigenvalue weighted by atomic mass is 9.89. The molecule has 1 N–H and O–H groups in total. The average Bonchev–Trinajstić information content (AvgIpc) is 2.53. The van der Waals surface area contributed by atoms with Gasteiger partial charge in [-0.05, 0) is 36.0 Å². The van der Waals surface area contributed by atoms with Crippen LogP contribution >= 0.6 is 0 Å². The number of nitrogens with zero attached hydrogens (tertiary/aromatic N) is 1. The van der Waals surface area contributed by atoms with Crippen molar-refractivity contribution in [3.05, 3.63) is 29.8 Å². The maximum Gasteiger partial charge on any atom is 0.303 e. The maximum atomic E-state index is 12.7. The fourth-order valence-corrected chi connectivity index (χ4v) is 3.60. The van der Waals surface area contributed by atoms with Gasteiger partial charge in [0.1, 0.15) is 5.75 Å². The minimum absolute atomic E-state index is 0.0446. The molecule has 2 rings (SSSR count). The van der Waals surface area contributed by atoms with Crippen molar-refractivity contribution in [1.29, 1.82) is 0 Å². The number of amides is 1. The molecule has 1 aliphatic heterocycles. The minimum Gasteiger partial charge on any atom is -0.497 e. The average molecular weight is 333 g/mol. The monoisotopic (exact) mass is 333 g/mol. The van der Waals surface area contributed by atoms with E-state index in [2.05, 4.69) is 13.8 Å². The number of benzene rings is 1. The molecule has 5 heteroatoms. The normalized spacial score (nSPS) is 22.0. The molecule has 1 aromatic carbocycles. The Hall–Kier alpha value is -2.04. The number of rotatable bonds is 6. The first kappa shape index (κ1) is 18.3. The zero-order valence-electron chi connectivity index (χ0n) is 14.7. The number of carbonyl (C=O) groups excluding carboxylic acids is 1. The van der Waals surface area contributed by atoms with Gasteiger partial charge in [-0.15, -0.1) is 0 Å². The van der Waals surface area contributed by atoms with Crippen LogP contribution in [0.15, 0.2) is 24.3 Å². The number of piperidine rings is 1. The summed E-state index contributed by atoms with van der Waals surface area (Å²) in [6.45, 7) is 5.86. The number of methoxy groups -OCH3 is 1. The van der Waals surface area contributed by atoms with E-state index in [-0.39, 0.29) is 24.7 Å². The molecule has 1 aromatic rings. The molecule has 0 saturated carbocycles. The predicted octanol–water partition coefficient (Wildman–Crippen LogP) is 3.15. The molecule has 0 spiro atoms. The van der Waals surface area contributed by atoms with E-state index in [1.54, 1.807) is 19.2 Å². The van der Waals surface area contributed by atoms with Crippen LogP contribution in [-0.2, 0) is 9.59 Å². The summed E-state index contributed by atoms with van der Waals surface area (Å²) in [7, 11) is 1.59. The fourth-order valence-electron chi connectivity index (χ4n) is 3.60. The van der Waals surface area contributed by atoms with Crippen LogP contribution in [0.25, 0.3) is 0 Å². The molecule has 1 aliphatic rings. The van der Waals surface area contributed by atoms with Crippen LogP contribution in [0.2, 0.25) is 0 Å². The van der Waals surface area contributed by atoms with Gasteiger partial charge in [0, 0.05) is 25.4 Å². The van der Waals surface area contributed by atoms with E-state index in [0.717, 1.165) is 30.8 Å². The van der Waals surface area contributed by atoms with Gasteiger partial charge >= 0.3 is 5.97 Å². The van der Waals surface area contributed by atoms with Gasteiger partial charge in [0.05, 0.1) is 13.5 Å².